The summed E-state index contributed by atoms with van der Waals surface area (Å²) in [4.78, 5) is 15.8. The molecule has 0 fully saturated rings. The average molecular weight is 227 g/mol. The van der Waals surface area contributed by atoms with Crippen molar-refractivity contribution >= 4 is 22.9 Å². The summed E-state index contributed by atoms with van der Waals surface area (Å²) in [5.74, 6) is 0. The van der Waals surface area contributed by atoms with Crippen molar-refractivity contribution in [2.45, 2.75) is 6.54 Å². The summed E-state index contributed by atoms with van der Waals surface area (Å²) in [5, 5.41) is 0. The van der Waals surface area contributed by atoms with Crippen LogP contribution >= 0.6 is 22.9 Å². The summed E-state index contributed by atoms with van der Waals surface area (Å²) in [5.41, 5.74) is 0.0172. The number of thiazole rings is 1. The summed E-state index contributed by atoms with van der Waals surface area (Å²) >= 11 is 7.14. The normalized spacial score (nSPS) is 10.4. The lowest BCUT2D eigenvalue weighted by Crippen LogP contribution is -2.03. The lowest BCUT2D eigenvalue weighted by molar-refractivity contribution is 0.799. The second-order valence-electron chi connectivity index (χ2n) is 2.79. The van der Waals surface area contributed by atoms with Gasteiger partial charge in [-0.25, -0.2) is 4.98 Å². The molecule has 2 heterocycles. The van der Waals surface area contributed by atoms with Crippen LogP contribution in [0.5, 0.6) is 0 Å². The standard InChI is InChI=1S/C9H7ClN2OS/c10-9-11-5-8(14-9)6-12-3-1-7(13)2-4-12/h1-5H,6H2. The van der Waals surface area contributed by atoms with Crippen molar-refractivity contribution < 1.29 is 0 Å². The van der Waals surface area contributed by atoms with E-state index in [2.05, 4.69) is 4.98 Å². The smallest absolute Gasteiger partial charge is 0.183 e. The van der Waals surface area contributed by atoms with Crippen LogP contribution in [-0.4, -0.2) is 9.55 Å². The number of halogens is 1. The summed E-state index contributed by atoms with van der Waals surface area (Å²) < 4.78 is 2.45. The van der Waals surface area contributed by atoms with Crippen molar-refractivity contribution in [3.63, 3.8) is 0 Å². The predicted molar refractivity (Wildman–Crippen MR) is 56.9 cm³/mol. The highest BCUT2D eigenvalue weighted by molar-refractivity contribution is 7.15. The van der Waals surface area contributed by atoms with Crippen LogP contribution < -0.4 is 5.43 Å². The number of aromatic nitrogens is 2. The highest BCUT2D eigenvalue weighted by Gasteiger charge is 1.98. The third-order valence-electron chi connectivity index (χ3n) is 1.72. The van der Waals surface area contributed by atoms with Crippen LogP contribution in [0.25, 0.3) is 0 Å². The number of pyridine rings is 1. The van der Waals surface area contributed by atoms with Crippen LogP contribution in [0.2, 0.25) is 4.47 Å². The zero-order valence-corrected chi connectivity index (χ0v) is 8.76. The van der Waals surface area contributed by atoms with Gasteiger partial charge < -0.3 is 4.57 Å². The van der Waals surface area contributed by atoms with Crippen LogP contribution in [0.15, 0.2) is 35.5 Å². The van der Waals surface area contributed by atoms with E-state index in [1.54, 1.807) is 18.6 Å². The number of nitrogens with zero attached hydrogens (tertiary/aromatic N) is 2. The SMILES string of the molecule is O=c1ccn(Cc2cnc(Cl)s2)cc1. The van der Waals surface area contributed by atoms with Crippen LogP contribution in [0, 0.1) is 0 Å². The van der Waals surface area contributed by atoms with E-state index in [1.165, 1.54) is 23.5 Å². The molecule has 0 radical (unpaired) electrons. The molecule has 0 aromatic carbocycles. The molecule has 5 heteroatoms. The molecule has 14 heavy (non-hydrogen) atoms. The summed E-state index contributed by atoms with van der Waals surface area (Å²) in [6.45, 7) is 0.699. The van der Waals surface area contributed by atoms with Crippen molar-refractivity contribution in [2.75, 3.05) is 0 Å². The molecule has 0 unspecified atom stereocenters. The minimum Gasteiger partial charge on any atom is -0.349 e. The predicted octanol–water partition coefficient (Wildman–Crippen LogP) is 2.01. The van der Waals surface area contributed by atoms with Gasteiger partial charge in [-0.1, -0.05) is 11.6 Å². The van der Waals surface area contributed by atoms with E-state index in [1.807, 2.05) is 4.57 Å². The highest BCUT2D eigenvalue weighted by Crippen LogP contribution is 2.18. The van der Waals surface area contributed by atoms with E-state index in [0.29, 0.717) is 11.0 Å². The first-order valence-corrected chi connectivity index (χ1v) is 5.20. The molecule has 0 aliphatic heterocycles. The first-order chi connectivity index (χ1) is 6.74. The molecular formula is C9H7ClN2OS. The summed E-state index contributed by atoms with van der Waals surface area (Å²) in [6.07, 6.45) is 5.23. The average Bonchev–Trinajstić information content (AvgIpc) is 2.56. The Morgan fingerprint density at radius 3 is 2.71 bits per heavy atom. The van der Waals surface area contributed by atoms with Gasteiger partial charge in [-0.2, -0.15) is 0 Å². The Labute approximate surface area is 89.6 Å². The Hall–Kier alpha value is -1.13. The van der Waals surface area contributed by atoms with Gasteiger partial charge in [-0.15, -0.1) is 11.3 Å². The fraction of sp³-hybridized carbons (Fsp3) is 0.111. The summed E-state index contributed by atoms with van der Waals surface area (Å²) in [7, 11) is 0. The zero-order valence-electron chi connectivity index (χ0n) is 7.18. The second-order valence-corrected chi connectivity index (χ2v) is 4.48. The van der Waals surface area contributed by atoms with E-state index in [0.717, 1.165) is 4.88 Å². The molecule has 0 bridgehead atoms. The molecule has 0 amide bonds. The van der Waals surface area contributed by atoms with Crippen LogP contribution in [0.1, 0.15) is 4.88 Å². The van der Waals surface area contributed by atoms with Gasteiger partial charge in [0, 0.05) is 35.6 Å². The van der Waals surface area contributed by atoms with Gasteiger partial charge in [0.1, 0.15) is 0 Å². The van der Waals surface area contributed by atoms with Crippen molar-refractivity contribution in [1.82, 2.24) is 9.55 Å². The highest BCUT2D eigenvalue weighted by atomic mass is 35.5. The molecule has 0 saturated heterocycles. The van der Waals surface area contributed by atoms with Crippen molar-refractivity contribution in [1.29, 1.82) is 0 Å². The molecule has 0 atom stereocenters. The van der Waals surface area contributed by atoms with Gasteiger partial charge in [0.05, 0.1) is 6.54 Å². The first-order valence-electron chi connectivity index (χ1n) is 4.00. The van der Waals surface area contributed by atoms with E-state index in [9.17, 15) is 4.79 Å². The van der Waals surface area contributed by atoms with Gasteiger partial charge in [-0.3, -0.25) is 4.79 Å². The molecule has 72 valence electrons. The molecule has 2 aromatic rings. The maximum atomic E-state index is 10.8. The van der Waals surface area contributed by atoms with Crippen LogP contribution in [-0.2, 0) is 6.54 Å². The Morgan fingerprint density at radius 1 is 1.43 bits per heavy atom. The Morgan fingerprint density at radius 2 is 2.14 bits per heavy atom. The minimum absolute atomic E-state index is 0.0172. The number of hydrogen-bond donors (Lipinski definition) is 0. The van der Waals surface area contributed by atoms with E-state index >= 15 is 0 Å². The second kappa shape index (κ2) is 3.94. The van der Waals surface area contributed by atoms with Crippen LogP contribution in [0.3, 0.4) is 0 Å². The topological polar surface area (TPSA) is 34.9 Å². The molecule has 0 N–H and O–H groups in total. The minimum atomic E-state index is 0.0172. The first kappa shape index (κ1) is 9.43. The van der Waals surface area contributed by atoms with Gasteiger partial charge in [0.15, 0.2) is 9.90 Å². The van der Waals surface area contributed by atoms with Crippen LogP contribution in [0.4, 0.5) is 0 Å². The van der Waals surface area contributed by atoms with E-state index in [-0.39, 0.29) is 5.43 Å². The molecule has 3 nitrogen and oxygen atoms in total. The van der Waals surface area contributed by atoms with Gasteiger partial charge in [-0.05, 0) is 0 Å². The van der Waals surface area contributed by atoms with Gasteiger partial charge in [0.2, 0.25) is 0 Å². The van der Waals surface area contributed by atoms with Crippen molar-refractivity contribution in [3.05, 3.63) is 50.3 Å². The lowest BCUT2D eigenvalue weighted by Gasteiger charge is -2.01. The molecular weight excluding hydrogens is 220 g/mol. The maximum Gasteiger partial charge on any atom is 0.183 e. The lowest BCUT2D eigenvalue weighted by atomic mass is 10.4. The molecule has 0 spiro atoms. The molecule has 2 aromatic heterocycles. The van der Waals surface area contributed by atoms with Gasteiger partial charge in [0.25, 0.3) is 0 Å². The monoisotopic (exact) mass is 226 g/mol. The zero-order chi connectivity index (χ0) is 9.97. The Balaban J connectivity index is 2.19. The fourth-order valence-corrected chi connectivity index (χ4v) is 2.07. The molecule has 2 rings (SSSR count). The van der Waals surface area contributed by atoms with Gasteiger partial charge >= 0.3 is 0 Å². The fourth-order valence-electron chi connectivity index (χ4n) is 1.09. The summed E-state index contributed by atoms with van der Waals surface area (Å²) in [6, 6.07) is 3.06. The van der Waals surface area contributed by atoms with E-state index in [4.69, 9.17) is 11.6 Å². The van der Waals surface area contributed by atoms with Crippen molar-refractivity contribution in [2.24, 2.45) is 0 Å². The number of rotatable bonds is 2. The van der Waals surface area contributed by atoms with E-state index < -0.39 is 0 Å². The van der Waals surface area contributed by atoms with Crippen molar-refractivity contribution in [3.8, 4) is 0 Å². The molecule has 0 aliphatic carbocycles. The maximum absolute atomic E-state index is 10.8. The molecule has 0 saturated carbocycles. The third-order valence-corrected chi connectivity index (χ3v) is 2.82. The largest absolute Gasteiger partial charge is 0.349 e. The third kappa shape index (κ3) is 2.21. The quantitative estimate of drug-likeness (QED) is 0.785. The number of hydrogen-bond acceptors (Lipinski definition) is 3. The Kier molecular flexibility index (Phi) is 2.65. The Bertz CT molecular complexity index is 471. The molecule has 0 aliphatic rings.